The van der Waals surface area contributed by atoms with Gasteiger partial charge in [-0.2, -0.15) is 0 Å². The van der Waals surface area contributed by atoms with Crippen molar-refractivity contribution in [1.29, 1.82) is 0 Å². The van der Waals surface area contributed by atoms with Crippen molar-refractivity contribution in [3.05, 3.63) is 16.3 Å². The maximum Gasteiger partial charge on any atom is 0.345 e. The molecular weight excluding hydrogens is 226 g/mol. The van der Waals surface area contributed by atoms with Crippen LogP contribution in [0.3, 0.4) is 0 Å². The Morgan fingerprint density at radius 1 is 1.64 bits per heavy atom. The highest BCUT2D eigenvalue weighted by Crippen LogP contribution is 2.18. The average molecular weight is 235 g/mol. The summed E-state index contributed by atoms with van der Waals surface area (Å²) in [5, 5.41) is 9.90. The first-order valence-electron chi connectivity index (χ1n) is 3.79. The fourth-order valence-corrected chi connectivity index (χ4v) is 3.00. The van der Waals surface area contributed by atoms with E-state index in [2.05, 4.69) is 4.72 Å². The van der Waals surface area contributed by atoms with E-state index in [-0.39, 0.29) is 16.3 Å². The van der Waals surface area contributed by atoms with Crippen LogP contribution in [-0.2, 0) is 10.0 Å². The van der Waals surface area contributed by atoms with Crippen LogP contribution in [0.15, 0.2) is 16.3 Å². The molecule has 1 heterocycles. The molecule has 0 saturated carbocycles. The van der Waals surface area contributed by atoms with E-state index in [0.717, 1.165) is 17.4 Å². The zero-order valence-electron chi connectivity index (χ0n) is 7.35. The zero-order valence-corrected chi connectivity index (χ0v) is 8.98. The number of thiophene rings is 1. The van der Waals surface area contributed by atoms with Crippen LogP contribution in [0.25, 0.3) is 0 Å². The summed E-state index contributed by atoms with van der Waals surface area (Å²) in [6.45, 7) is 1.93. The average Bonchev–Trinajstić information content (AvgIpc) is 2.51. The Labute approximate surface area is 85.4 Å². The second kappa shape index (κ2) is 4.07. The fourth-order valence-electron chi connectivity index (χ4n) is 0.845. The summed E-state index contributed by atoms with van der Waals surface area (Å²) in [7, 11) is -3.53. The summed E-state index contributed by atoms with van der Waals surface area (Å²) in [5.41, 5.74) is 0. The molecule has 7 heteroatoms. The van der Waals surface area contributed by atoms with Crippen molar-refractivity contribution < 1.29 is 18.3 Å². The SMILES string of the molecule is CCNS(=O)(=O)c1csc(C(=O)O)c1. The minimum absolute atomic E-state index is 0.00162. The molecule has 0 fully saturated rings. The van der Waals surface area contributed by atoms with Crippen molar-refractivity contribution in [2.75, 3.05) is 6.54 Å². The van der Waals surface area contributed by atoms with Crippen molar-refractivity contribution in [3.8, 4) is 0 Å². The van der Waals surface area contributed by atoms with Crippen molar-refractivity contribution in [2.24, 2.45) is 0 Å². The molecule has 0 spiro atoms. The second-order valence-electron chi connectivity index (χ2n) is 2.45. The van der Waals surface area contributed by atoms with Gasteiger partial charge in [0.2, 0.25) is 10.0 Å². The molecule has 0 aromatic carbocycles. The summed E-state index contributed by atoms with van der Waals surface area (Å²) < 4.78 is 25.0. The van der Waals surface area contributed by atoms with Crippen LogP contribution >= 0.6 is 11.3 Å². The number of nitrogens with one attached hydrogen (secondary N) is 1. The van der Waals surface area contributed by atoms with Crippen molar-refractivity contribution in [2.45, 2.75) is 11.8 Å². The third-order valence-corrected chi connectivity index (χ3v) is 4.02. The van der Waals surface area contributed by atoms with Gasteiger partial charge in [-0.25, -0.2) is 17.9 Å². The van der Waals surface area contributed by atoms with Crippen molar-refractivity contribution in [1.82, 2.24) is 4.72 Å². The maximum atomic E-state index is 11.4. The lowest BCUT2D eigenvalue weighted by Gasteiger charge is -1.99. The lowest BCUT2D eigenvalue weighted by Crippen LogP contribution is -2.22. The highest BCUT2D eigenvalue weighted by molar-refractivity contribution is 7.89. The Morgan fingerprint density at radius 3 is 2.71 bits per heavy atom. The van der Waals surface area contributed by atoms with E-state index < -0.39 is 16.0 Å². The molecule has 0 amide bonds. The van der Waals surface area contributed by atoms with E-state index >= 15 is 0 Å². The highest BCUT2D eigenvalue weighted by Gasteiger charge is 2.16. The molecule has 0 aliphatic carbocycles. The number of carboxylic acids is 1. The van der Waals surface area contributed by atoms with Gasteiger partial charge in [0.1, 0.15) is 4.88 Å². The topological polar surface area (TPSA) is 83.5 Å². The second-order valence-corrected chi connectivity index (χ2v) is 5.13. The molecule has 2 N–H and O–H groups in total. The van der Waals surface area contributed by atoms with Crippen LogP contribution in [0, 0.1) is 0 Å². The number of carboxylic acid groups (broad SMARTS) is 1. The minimum atomic E-state index is -3.53. The van der Waals surface area contributed by atoms with Gasteiger partial charge in [-0.1, -0.05) is 6.92 Å². The van der Waals surface area contributed by atoms with E-state index in [4.69, 9.17) is 5.11 Å². The Kier molecular flexibility index (Phi) is 3.25. The quantitative estimate of drug-likeness (QED) is 0.806. The van der Waals surface area contributed by atoms with Gasteiger partial charge in [0, 0.05) is 11.9 Å². The Hall–Kier alpha value is -0.920. The largest absolute Gasteiger partial charge is 0.477 e. The number of aromatic carboxylic acids is 1. The molecule has 0 radical (unpaired) electrons. The molecule has 0 saturated heterocycles. The van der Waals surface area contributed by atoms with Gasteiger partial charge in [-0.15, -0.1) is 11.3 Å². The minimum Gasteiger partial charge on any atom is -0.477 e. The lowest BCUT2D eigenvalue weighted by molar-refractivity contribution is 0.0702. The summed E-state index contributed by atoms with van der Waals surface area (Å²) in [6.07, 6.45) is 0. The molecule has 0 unspecified atom stereocenters. The predicted molar refractivity (Wildman–Crippen MR) is 52.1 cm³/mol. The third-order valence-electron chi connectivity index (χ3n) is 1.43. The van der Waals surface area contributed by atoms with Gasteiger partial charge in [-0.05, 0) is 6.07 Å². The van der Waals surface area contributed by atoms with Crippen LogP contribution in [0.2, 0.25) is 0 Å². The summed E-state index contributed by atoms with van der Waals surface area (Å²) in [4.78, 5) is 10.5. The van der Waals surface area contributed by atoms with Crippen LogP contribution in [0.1, 0.15) is 16.6 Å². The van der Waals surface area contributed by atoms with Gasteiger partial charge >= 0.3 is 5.97 Å². The van der Waals surface area contributed by atoms with Crippen molar-refractivity contribution in [3.63, 3.8) is 0 Å². The number of hydrogen-bond donors (Lipinski definition) is 2. The standard InChI is InChI=1S/C7H9NO4S2/c1-2-8-14(11,12)5-3-6(7(9)10)13-4-5/h3-4,8H,2H2,1H3,(H,9,10). The first kappa shape index (κ1) is 11.2. The monoisotopic (exact) mass is 235 g/mol. The Bertz CT molecular complexity index is 434. The van der Waals surface area contributed by atoms with Gasteiger partial charge in [0.05, 0.1) is 4.90 Å². The number of hydrogen-bond acceptors (Lipinski definition) is 4. The van der Waals surface area contributed by atoms with Gasteiger partial charge in [0.25, 0.3) is 0 Å². The number of sulfonamides is 1. The molecule has 1 rings (SSSR count). The smallest absolute Gasteiger partial charge is 0.345 e. The summed E-state index contributed by atoms with van der Waals surface area (Å²) in [6, 6.07) is 1.14. The first-order valence-corrected chi connectivity index (χ1v) is 6.15. The summed E-state index contributed by atoms with van der Waals surface area (Å²) in [5.74, 6) is -1.12. The van der Waals surface area contributed by atoms with E-state index in [1.807, 2.05) is 0 Å². The summed E-state index contributed by atoms with van der Waals surface area (Å²) >= 11 is 0.892. The molecule has 0 aliphatic heterocycles. The van der Waals surface area contributed by atoms with Crippen molar-refractivity contribution >= 4 is 27.3 Å². The number of carbonyl (C=O) groups is 1. The molecular formula is C7H9NO4S2. The molecule has 1 aromatic rings. The molecule has 0 bridgehead atoms. The third kappa shape index (κ3) is 2.31. The molecule has 5 nitrogen and oxygen atoms in total. The predicted octanol–water partition coefficient (Wildman–Crippen LogP) is 0.744. The first-order chi connectivity index (χ1) is 6.47. The number of rotatable bonds is 4. The van der Waals surface area contributed by atoms with E-state index in [1.165, 1.54) is 5.38 Å². The maximum absolute atomic E-state index is 11.4. The Morgan fingerprint density at radius 2 is 2.29 bits per heavy atom. The van der Waals surface area contributed by atoms with Gasteiger partial charge in [0.15, 0.2) is 0 Å². The molecule has 14 heavy (non-hydrogen) atoms. The Balaban J connectivity index is 3.03. The highest BCUT2D eigenvalue weighted by atomic mass is 32.2. The van der Waals surface area contributed by atoms with E-state index in [1.54, 1.807) is 6.92 Å². The molecule has 1 aromatic heterocycles. The van der Waals surface area contributed by atoms with E-state index in [0.29, 0.717) is 0 Å². The fraction of sp³-hybridized carbons (Fsp3) is 0.286. The molecule has 78 valence electrons. The molecule has 0 atom stereocenters. The van der Waals surface area contributed by atoms with Gasteiger partial charge < -0.3 is 5.11 Å². The van der Waals surface area contributed by atoms with E-state index in [9.17, 15) is 13.2 Å². The van der Waals surface area contributed by atoms with Gasteiger partial charge in [-0.3, -0.25) is 0 Å². The van der Waals surface area contributed by atoms with Crippen LogP contribution < -0.4 is 4.72 Å². The van der Waals surface area contributed by atoms with Crippen LogP contribution in [-0.4, -0.2) is 26.0 Å². The lowest BCUT2D eigenvalue weighted by atomic mass is 10.5. The van der Waals surface area contributed by atoms with Crippen LogP contribution in [0.5, 0.6) is 0 Å². The molecule has 0 aliphatic rings. The normalized spacial score (nSPS) is 11.5. The zero-order chi connectivity index (χ0) is 10.8. The van der Waals surface area contributed by atoms with Crippen LogP contribution in [0.4, 0.5) is 0 Å².